The molecule has 1 aromatic rings. The predicted molar refractivity (Wildman–Crippen MR) is 67.5 cm³/mol. The van der Waals surface area contributed by atoms with Gasteiger partial charge in [0.15, 0.2) is 5.82 Å². The topological polar surface area (TPSA) is 86.2 Å². The van der Waals surface area contributed by atoms with E-state index < -0.39 is 5.60 Å². The molecule has 0 atom stereocenters. The first-order valence-electron chi connectivity index (χ1n) is 5.50. The van der Waals surface area contributed by atoms with Gasteiger partial charge in [-0.2, -0.15) is 5.26 Å². The van der Waals surface area contributed by atoms with Crippen LogP contribution in [0.2, 0.25) is 0 Å². The highest BCUT2D eigenvalue weighted by atomic mass is 16.3. The summed E-state index contributed by atoms with van der Waals surface area (Å²) in [5, 5.41) is 18.5. The zero-order valence-electron chi connectivity index (χ0n) is 10.4. The molecule has 0 fully saturated rings. The van der Waals surface area contributed by atoms with Crippen molar-refractivity contribution in [2.75, 3.05) is 23.7 Å². The number of aliphatic hydroxyl groups is 1. The lowest BCUT2D eigenvalue weighted by atomic mass is 10.1. The summed E-state index contributed by atoms with van der Waals surface area (Å²) in [6, 6.07) is 3.58. The molecule has 1 heterocycles. The third kappa shape index (κ3) is 3.61. The van der Waals surface area contributed by atoms with Crippen molar-refractivity contribution in [1.29, 1.82) is 5.26 Å². The van der Waals surface area contributed by atoms with Crippen molar-refractivity contribution in [2.24, 2.45) is 0 Å². The molecule has 0 aliphatic carbocycles. The van der Waals surface area contributed by atoms with Crippen LogP contribution in [-0.4, -0.2) is 28.8 Å². The Morgan fingerprint density at radius 2 is 2.24 bits per heavy atom. The van der Waals surface area contributed by atoms with Crippen LogP contribution in [0.1, 0.15) is 26.3 Å². The van der Waals surface area contributed by atoms with Crippen LogP contribution < -0.4 is 10.6 Å². The first-order chi connectivity index (χ1) is 7.87. The van der Waals surface area contributed by atoms with E-state index in [9.17, 15) is 5.11 Å². The summed E-state index contributed by atoms with van der Waals surface area (Å²) in [5.41, 5.74) is 5.92. The van der Waals surface area contributed by atoms with E-state index in [4.69, 9.17) is 11.0 Å². The highest BCUT2D eigenvalue weighted by molar-refractivity contribution is 5.64. The van der Waals surface area contributed by atoms with Gasteiger partial charge in [0.25, 0.3) is 0 Å². The van der Waals surface area contributed by atoms with Crippen molar-refractivity contribution < 1.29 is 5.11 Å². The van der Waals surface area contributed by atoms with Gasteiger partial charge in [0, 0.05) is 19.3 Å². The molecule has 0 saturated carbocycles. The number of nitriles is 1. The third-order valence-corrected chi connectivity index (χ3v) is 2.28. The van der Waals surface area contributed by atoms with Crippen LogP contribution in [0.25, 0.3) is 0 Å². The second kappa shape index (κ2) is 5.02. The number of nitrogens with zero attached hydrogens (tertiary/aromatic N) is 3. The van der Waals surface area contributed by atoms with E-state index in [1.807, 2.05) is 17.9 Å². The van der Waals surface area contributed by atoms with Crippen LogP contribution in [0.5, 0.6) is 0 Å². The molecular formula is C12H18N4O. The molecule has 0 spiro atoms. The number of nitrogen functional groups attached to an aromatic ring is 1. The van der Waals surface area contributed by atoms with Gasteiger partial charge in [0.05, 0.1) is 16.9 Å². The minimum atomic E-state index is -0.821. The second-order valence-corrected chi connectivity index (χ2v) is 4.58. The maximum absolute atomic E-state index is 9.81. The number of likely N-dealkylation sites (N-methyl/N-ethyl adjacent to an activating group) is 1. The summed E-state index contributed by atoms with van der Waals surface area (Å²) in [5.74, 6) is 0.605. The molecular weight excluding hydrogens is 216 g/mol. The van der Waals surface area contributed by atoms with Crippen molar-refractivity contribution in [2.45, 2.75) is 26.4 Å². The molecule has 17 heavy (non-hydrogen) atoms. The predicted octanol–water partition coefficient (Wildman–Crippen LogP) is 1.13. The summed E-state index contributed by atoms with van der Waals surface area (Å²) < 4.78 is 0. The molecule has 0 aliphatic rings. The fraction of sp³-hybridized carbons (Fsp3) is 0.500. The number of nitrogens with two attached hydrogens (primary N) is 1. The molecule has 0 aliphatic heterocycles. The molecule has 5 heteroatoms. The normalized spacial score (nSPS) is 11.0. The lowest BCUT2D eigenvalue weighted by Gasteiger charge is -2.29. The summed E-state index contributed by atoms with van der Waals surface area (Å²) in [4.78, 5) is 6.06. The van der Waals surface area contributed by atoms with E-state index in [-0.39, 0.29) is 0 Å². The van der Waals surface area contributed by atoms with Crippen molar-refractivity contribution >= 4 is 11.5 Å². The fourth-order valence-corrected chi connectivity index (χ4v) is 1.60. The molecule has 0 radical (unpaired) electrons. The van der Waals surface area contributed by atoms with Gasteiger partial charge < -0.3 is 15.7 Å². The van der Waals surface area contributed by atoms with E-state index in [1.165, 1.54) is 6.20 Å². The van der Waals surface area contributed by atoms with Gasteiger partial charge >= 0.3 is 0 Å². The number of aromatic nitrogens is 1. The quantitative estimate of drug-likeness (QED) is 0.815. The van der Waals surface area contributed by atoms with Gasteiger partial charge in [-0.15, -0.1) is 0 Å². The average Bonchev–Trinajstić information content (AvgIpc) is 2.24. The number of hydrogen-bond acceptors (Lipinski definition) is 5. The highest BCUT2D eigenvalue weighted by Gasteiger charge is 2.19. The maximum atomic E-state index is 9.81. The Morgan fingerprint density at radius 3 is 2.65 bits per heavy atom. The van der Waals surface area contributed by atoms with Crippen LogP contribution in [0.3, 0.4) is 0 Å². The molecule has 0 saturated heterocycles. The summed E-state index contributed by atoms with van der Waals surface area (Å²) in [7, 11) is 0. The minimum Gasteiger partial charge on any atom is -0.396 e. The van der Waals surface area contributed by atoms with Crippen molar-refractivity contribution in [1.82, 2.24) is 4.98 Å². The van der Waals surface area contributed by atoms with Crippen molar-refractivity contribution in [3.63, 3.8) is 0 Å². The van der Waals surface area contributed by atoms with Crippen molar-refractivity contribution in [3.8, 4) is 6.07 Å². The van der Waals surface area contributed by atoms with Crippen LogP contribution in [0.4, 0.5) is 11.5 Å². The number of anilines is 2. The molecule has 0 amide bonds. The summed E-state index contributed by atoms with van der Waals surface area (Å²) in [6.45, 7) is 6.55. The first kappa shape index (κ1) is 13.3. The Kier molecular flexibility index (Phi) is 3.92. The number of pyridine rings is 1. The van der Waals surface area contributed by atoms with Gasteiger partial charge in [0.2, 0.25) is 0 Å². The van der Waals surface area contributed by atoms with Gasteiger partial charge in [-0.25, -0.2) is 4.98 Å². The van der Waals surface area contributed by atoms with Gasteiger partial charge in [-0.1, -0.05) is 0 Å². The smallest absolute Gasteiger partial charge is 0.151 e. The van der Waals surface area contributed by atoms with Crippen molar-refractivity contribution in [3.05, 3.63) is 17.8 Å². The number of rotatable bonds is 4. The largest absolute Gasteiger partial charge is 0.396 e. The Balaban J connectivity index is 3.01. The average molecular weight is 234 g/mol. The van der Waals surface area contributed by atoms with Gasteiger partial charge in [-0.05, 0) is 26.8 Å². The Morgan fingerprint density at radius 1 is 1.59 bits per heavy atom. The molecule has 1 rings (SSSR count). The number of hydrogen-bond donors (Lipinski definition) is 2. The monoisotopic (exact) mass is 234 g/mol. The zero-order chi connectivity index (χ0) is 13.1. The van der Waals surface area contributed by atoms with Crippen LogP contribution in [0.15, 0.2) is 12.3 Å². The first-order valence-corrected chi connectivity index (χ1v) is 5.50. The molecule has 3 N–H and O–H groups in total. The van der Waals surface area contributed by atoms with E-state index in [0.717, 1.165) is 0 Å². The zero-order valence-corrected chi connectivity index (χ0v) is 10.4. The molecule has 0 aromatic carbocycles. The van der Waals surface area contributed by atoms with E-state index >= 15 is 0 Å². The van der Waals surface area contributed by atoms with E-state index in [1.54, 1.807) is 19.9 Å². The summed E-state index contributed by atoms with van der Waals surface area (Å²) in [6.07, 6.45) is 1.48. The Bertz CT molecular complexity index is 431. The van der Waals surface area contributed by atoms with E-state index in [0.29, 0.717) is 30.2 Å². The molecule has 92 valence electrons. The maximum Gasteiger partial charge on any atom is 0.151 e. The fourth-order valence-electron chi connectivity index (χ4n) is 1.60. The molecule has 5 nitrogen and oxygen atoms in total. The molecule has 0 unspecified atom stereocenters. The molecule has 1 aromatic heterocycles. The second-order valence-electron chi connectivity index (χ2n) is 4.58. The van der Waals surface area contributed by atoms with Crippen LogP contribution in [-0.2, 0) is 0 Å². The lowest BCUT2D eigenvalue weighted by Crippen LogP contribution is -2.39. The minimum absolute atomic E-state index is 0.436. The third-order valence-electron chi connectivity index (χ3n) is 2.28. The van der Waals surface area contributed by atoms with Crippen LogP contribution >= 0.6 is 0 Å². The lowest BCUT2D eigenvalue weighted by molar-refractivity contribution is 0.0874. The standard InChI is InChI=1S/C12H18N4O/c1-4-16(8-12(2,3)17)11-10(14)5-9(6-13)7-15-11/h5,7,17H,4,8,14H2,1-3H3. The van der Waals surface area contributed by atoms with Crippen LogP contribution in [0, 0.1) is 11.3 Å². The van der Waals surface area contributed by atoms with Gasteiger partial charge in [-0.3, -0.25) is 0 Å². The summed E-state index contributed by atoms with van der Waals surface area (Å²) >= 11 is 0. The highest BCUT2D eigenvalue weighted by Crippen LogP contribution is 2.22. The Labute approximate surface area is 101 Å². The SMILES string of the molecule is CCN(CC(C)(C)O)c1ncc(C#N)cc1N. The van der Waals surface area contributed by atoms with Gasteiger partial charge in [0.1, 0.15) is 6.07 Å². The molecule has 0 bridgehead atoms. The Hall–Kier alpha value is -1.80. The van der Waals surface area contributed by atoms with E-state index in [2.05, 4.69) is 4.98 Å².